The number of methoxy groups -OCH3 is 1. The molecule has 0 saturated carbocycles. The molecule has 1 aliphatic rings. The van der Waals surface area contributed by atoms with Crippen molar-refractivity contribution in [2.45, 2.75) is 25.9 Å². The zero-order chi connectivity index (χ0) is 12.1. The van der Waals surface area contributed by atoms with Crippen molar-refractivity contribution in [3.05, 3.63) is 35.1 Å². The van der Waals surface area contributed by atoms with E-state index in [0.717, 1.165) is 25.1 Å². The van der Waals surface area contributed by atoms with E-state index in [0.29, 0.717) is 12.5 Å². The number of nitrogens with one attached hydrogen (secondary N) is 1. The molecule has 1 saturated heterocycles. The van der Waals surface area contributed by atoms with Gasteiger partial charge in [0.25, 0.3) is 0 Å². The molecule has 1 fully saturated rings. The van der Waals surface area contributed by atoms with E-state index >= 15 is 0 Å². The van der Waals surface area contributed by atoms with Crippen molar-refractivity contribution >= 4 is 0 Å². The van der Waals surface area contributed by atoms with Crippen molar-refractivity contribution in [1.29, 1.82) is 0 Å². The zero-order valence-corrected chi connectivity index (χ0v) is 10.3. The first-order valence-corrected chi connectivity index (χ1v) is 6.26. The summed E-state index contributed by atoms with van der Waals surface area (Å²) in [4.78, 5) is 0. The van der Waals surface area contributed by atoms with Crippen LogP contribution >= 0.6 is 0 Å². The molecule has 0 amide bonds. The van der Waals surface area contributed by atoms with Crippen molar-refractivity contribution in [2.24, 2.45) is 5.92 Å². The third kappa shape index (κ3) is 3.51. The first-order valence-electron chi connectivity index (χ1n) is 6.26. The van der Waals surface area contributed by atoms with Crippen LogP contribution in [-0.4, -0.2) is 20.2 Å². The smallest absolute Gasteiger partial charge is 0.123 e. The van der Waals surface area contributed by atoms with Gasteiger partial charge in [0.15, 0.2) is 0 Å². The van der Waals surface area contributed by atoms with Crippen molar-refractivity contribution in [1.82, 2.24) is 5.32 Å². The highest BCUT2D eigenvalue weighted by atomic mass is 19.1. The molecule has 0 bridgehead atoms. The molecule has 1 aromatic carbocycles. The van der Waals surface area contributed by atoms with Gasteiger partial charge in [0, 0.05) is 7.11 Å². The molecule has 3 heteroatoms. The van der Waals surface area contributed by atoms with Gasteiger partial charge in [-0.15, -0.1) is 0 Å². The lowest BCUT2D eigenvalue weighted by molar-refractivity contribution is 0.183. The van der Waals surface area contributed by atoms with E-state index in [-0.39, 0.29) is 5.82 Å². The lowest BCUT2D eigenvalue weighted by atomic mass is 9.90. The molecule has 2 rings (SSSR count). The van der Waals surface area contributed by atoms with E-state index in [1.807, 2.05) is 6.07 Å². The normalized spacial score (nSPS) is 20.5. The summed E-state index contributed by atoms with van der Waals surface area (Å²) in [7, 11) is 1.65. The van der Waals surface area contributed by atoms with Crippen LogP contribution in [-0.2, 0) is 17.8 Å². The fourth-order valence-electron chi connectivity index (χ4n) is 2.49. The lowest BCUT2D eigenvalue weighted by Crippen LogP contribution is -2.31. The largest absolute Gasteiger partial charge is 0.380 e. The Morgan fingerprint density at radius 3 is 3.00 bits per heavy atom. The number of ether oxygens (including phenoxy) is 1. The van der Waals surface area contributed by atoms with Crippen LogP contribution in [0.2, 0.25) is 0 Å². The molecule has 0 radical (unpaired) electrons. The SMILES string of the molecule is COCc1cc(F)ccc1CC1CCCNC1. The Kier molecular flexibility index (Phi) is 4.51. The second-order valence-electron chi connectivity index (χ2n) is 4.76. The Labute approximate surface area is 102 Å². The molecule has 17 heavy (non-hydrogen) atoms. The van der Waals surface area contributed by atoms with Gasteiger partial charge >= 0.3 is 0 Å². The van der Waals surface area contributed by atoms with Crippen LogP contribution in [0.5, 0.6) is 0 Å². The first-order chi connectivity index (χ1) is 8.29. The van der Waals surface area contributed by atoms with Crippen LogP contribution in [0.4, 0.5) is 4.39 Å². The van der Waals surface area contributed by atoms with Crippen LogP contribution in [0.3, 0.4) is 0 Å². The van der Waals surface area contributed by atoms with Gasteiger partial charge in [0.05, 0.1) is 6.61 Å². The summed E-state index contributed by atoms with van der Waals surface area (Å²) in [6.07, 6.45) is 3.52. The Morgan fingerprint density at radius 1 is 1.41 bits per heavy atom. The van der Waals surface area contributed by atoms with Gasteiger partial charge < -0.3 is 10.1 Å². The molecule has 1 unspecified atom stereocenters. The highest BCUT2D eigenvalue weighted by molar-refractivity contribution is 5.28. The molecular weight excluding hydrogens is 217 g/mol. The van der Waals surface area contributed by atoms with Crippen LogP contribution in [0.15, 0.2) is 18.2 Å². The van der Waals surface area contributed by atoms with Crippen LogP contribution in [0.1, 0.15) is 24.0 Å². The van der Waals surface area contributed by atoms with Gasteiger partial charge in [-0.2, -0.15) is 0 Å². The summed E-state index contributed by atoms with van der Waals surface area (Å²) in [6.45, 7) is 2.70. The molecule has 0 spiro atoms. The molecular formula is C14H20FNO. The molecule has 1 atom stereocenters. The van der Waals surface area contributed by atoms with E-state index in [4.69, 9.17) is 4.74 Å². The van der Waals surface area contributed by atoms with E-state index in [1.165, 1.54) is 18.4 Å². The topological polar surface area (TPSA) is 21.3 Å². The maximum atomic E-state index is 13.2. The maximum absolute atomic E-state index is 13.2. The van der Waals surface area contributed by atoms with Gasteiger partial charge in [-0.3, -0.25) is 0 Å². The molecule has 94 valence electrons. The second kappa shape index (κ2) is 6.12. The molecule has 1 heterocycles. The van der Waals surface area contributed by atoms with Gasteiger partial charge in [-0.05, 0) is 61.5 Å². The van der Waals surface area contributed by atoms with Crippen molar-refractivity contribution in [3.63, 3.8) is 0 Å². The molecule has 2 nitrogen and oxygen atoms in total. The van der Waals surface area contributed by atoms with Gasteiger partial charge in [0.2, 0.25) is 0 Å². The summed E-state index contributed by atoms with van der Waals surface area (Å²) in [5, 5.41) is 3.41. The fraction of sp³-hybridized carbons (Fsp3) is 0.571. The number of halogens is 1. The summed E-state index contributed by atoms with van der Waals surface area (Å²) >= 11 is 0. The highest BCUT2D eigenvalue weighted by Gasteiger charge is 2.15. The van der Waals surface area contributed by atoms with Crippen molar-refractivity contribution in [2.75, 3.05) is 20.2 Å². The summed E-state index contributed by atoms with van der Waals surface area (Å²) in [5.74, 6) is 0.493. The first kappa shape index (κ1) is 12.5. The standard InChI is InChI=1S/C14H20FNO/c1-17-10-13-8-14(15)5-4-12(13)7-11-3-2-6-16-9-11/h4-5,8,11,16H,2-3,6-7,9-10H2,1H3. The van der Waals surface area contributed by atoms with Crippen molar-refractivity contribution < 1.29 is 9.13 Å². The van der Waals surface area contributed by atoms with E-state index in [1.54, 1.807) is 19.2 Å². The summed E-state index contributed by atoms with van der Waals surface area (Å²) in [5.41, 5.74) is 2.21. The third-order valence-electron chi connectivity index (χ3n) is 3.38. The number of piperidine rings is 1. The van der Waals surface area contributed by atoms with E-state index in [9.17, 15) is 4.39 Å². The lowest BCUT2D eigenvalue weighted by Gasteiger charge is -2.23. The summed E-state index contributed by atoms with van der Waals surface area (Å²) in [6, 6.07) is 5.04. The highest BCUT2D eigenvalue weighted by Crippen LogP contribution is 2.20. The Hall–Kier alpha value is -0.930. The minimum atomic E-state index is -0.178. The molecule has 1 aromatic rings. The number of benzene rings is 1. The minimum absolute atomic E-state index is 0.178. The van der Waals surface area contributed by atoms with Gasteiger partial charge in [0.1, 0.15) is 5.82 Å². The van der Waals surface area contributed by atoms with Crippen LogP contribution in [0, 0.1) is 11.7 Å². The van der Waals surface area contributed by atoms with Gasteiger partial charge in [-0.25, -0.2) is 4.39 Å². The Bertz CT molecular complexity index is 361. The fourth-order valence-corrected chi connectivity index (χ4v) is 2.49. The van der Waals surface area contributed by atoms with Crippen LogP contribution in [0.25, 0.3) is 0 Å². The number of hydrogen-bond donors (Lipinski definition) is 1. The number of rotatable bonds is 4. The molecule has 0 aromatic heterocycles. The Morgan fingerprint density at radius 2 is 2.29 bits per heavy atom. The summed E-state index contributed by atoms with van der Waals surface area (Å²) < 4.78 is 18.3. The predicted octanol–water partition coefficient (Wildman–Crippen LogP) is 2.51. The van der Waals surface area contributed by atoms with E-state index < -0.39 is 0 Å². The Balaban J connectivity index is 2.07. The van der Waals surface area contributed by atoms with Crippen LogP contribution < -0.4 is 5.32 Å². The molecule has 0 aliphatic carbocycles. The average Bonchev–Trinajstić information content (AvgIpc) is 2.34. The molecule has 1 N–H and O–H groups in total. The average molecular weight is 237 g/mol. The maximum Gasteiger partial charge on any atom is 0.123 e. The minimum Gasteiger partial charge on any atom is -0.380 e. The number of hydrogen-bond acceptors (Lipinski definition) is 2. The quantitative estimate of drug-likeness (QED) is 0.868. The van der Waals surface area contributed by atoms with E-state index in [2.05, 4.69) is 5.32 Å². The zero-order valence-electron chi connectivity index (χ0n) is 10.3. The second-order valence-corrected chi connectivity index (χ2v) is 4.76. The van der Waals surface area contributed by atoms with Gasteiger partial charge in [-0.1, -0.05) is 6.07 Å². The monoisotopic (exact) mass is 237 g/mol. The third-order valence-corrected chi connectivity index (χ3v) is 3.38. The van der Waals surface area contributed by atoms with Crippen molar-refractivity contribution in [3.8, 4) is 0 Å². The predicted molar refractivity (Wildman–Crippen MR) is 66.4 cm³/mol. The molecule has 1 aliphatic heterocycles.